The van der Waals surface area contributed by atoms with Crippen molar-refractivity contribution in [3.05, 3.63) is 0 Å². The molecule has 0 heterocycles. The van der Waals surface area contributed by atoms with Crippen LogP contribution < -0.4 is 0 Å². The van der Waals surface area contributed by atoms with Crippen LogP contribution in [0.4, 0.5) is 0 Å². The molecule has 0 N–H and O–H groups in total. The van der Waals surface area contributed by atoms with E-state index >= 15 is 0 Å². The highest BCUT2D eigenvalue weighted by molar-refractivity contribution is 7.62. The average Bonchev–Trinajstić information content (AvgIpc) is 1.37. The van der Waals surface area contributed by atoms with Crippen molar-refractivity contribution in [3.8, 4) is 0 Å². The summed E-state index contributed by atoms with van der Waals surface area (Å²) in [6, 6.07) is 0. The normalized spacial score (nSPS) is 7.50. The molecular weight excluding hydrogens is 88.2 g/mol. The molecule has 0 unspecified atom stereocenters. The first-order valence-corrected chi connectivity index (χ1v) is 2.23. The summed E-state index contributed by atoms with van der Waals surface area (Å²) in [5.74, 6) is 1.44. The van der Waals surface area contributed by atoms with Gasteiger partial charge in [-0.05, 0) is 0 Å². The Morgan fingerprint density at radius 1 is 1.00 bits per heavy atom. The first-order valence-electron chi connectivity index (χ1n) is 1.08. The van der Waals surface area contributed by atoms with Crippen molar-refractivity contribution >= 4 is 25.3 Å². The van der Waals surface area contributed by atoms with Gasteiger partial charge in [-0.1, -0.05) is 0 Å². The summed E-state index contributed by atoms with van der Waals surface area (Å²) in [6.07, 6.45) is 0. The monoisotopic (exact) mass is 92.0 g/mol. The molecule has 0 aromatic carbocycles. The van der Waals surface area contributed by atoms with Crippen LogP contribution in [0.1, 0.15) is 0 Å². The largest absolute Gasteiger partial charge is 0.794 e. The Morgan fingerprint density at radius 3 is 1.25 bits per heavy atom. The van der Waals surface area contributed by atoms with E-state index < -0.39 is 0 Å². The van der Waals surface area contributed by atoms with E-state index in [2.05, 4.69) is 25.3 Å². The second kappa shape index (κ2) is 3.70. The molecule has 0 bridgehead atoms. The van der Waals surface area contributed by atoms with Crippen LogP contribution in [0, 0.1) is 0 Å². The van der Waals surface area contributed by atoms with Gasteiger partial charge in [-0.15, -0.1) is 0 Å². The van der Waals surface area contributed by atoms with Crippen molar-refractivity contribution in [1.29, 1.82) is 0 Å². The Hall–Kier alpha value is 0.700. The molecule has 0 aromatic rings. The highest BCUT2D eigenvalue weighted by atomic mass is 32.1. The maximum absolute atomic E-state index is 4.45. The molecule has 26 valence electrons. The molecule has 0 radical (unpaired) electrons. The fourth-order valence-electron chi connectivity index (χ4n) is 0. The van der Waals surface area contributed by atoms with Crippen LogP contribution in [0.15, 0.2) is 0 Å². The summed E-state index contributed by atoms with van der Waals surface area (Å²) in [6.45, 7) is 0. The van der Waals surface area contributed by atoms with Crippen molar-refractivity contribution < 1.29 is 0 Å². The van der Waals surface area contributed by atoms with E-state index in [1.165, 1.54) is 0 Å². The summed E-state index contributed by atoms with van der Waals surface area (Å²) in [5.41, 5.74) is 0. The van der Waals surface area contributed by atoms with Gasteiger partial charge in [0.25, 0.3) is 0 Å². The van der Waals surface area contributed by atoms with Gasteiger partial charge in [-0.25, -0.2) is 0 Å². The zero-order valence-electron chi connectivity index (χ0n) is 2.23. The second-order valence-electron chi connectivity index (χ2n) is 0.408. The predicted octanol–water partition coefficient (Wildman–Crippen LogP) is 0.0802. The van der Waals surface area contributed by atoms with E-state index in [9.17, 15) is 0 Å². The van der Waals surface area contributed by atoms with Gasteiger partial charge in [0.05, 0.1) is 0 Å². The van der Waals surface area contributed by atoms with Crippen molar-refractivity contribution in [2.45, 2.75) is 0 Å². The van der Waals surface area contributed by atoms with Crippen molar-refractivity contribution in [2.24, 2.45) is 0 Å². The van der Waals surface area contributed by atoms with Crippen LogP contribution in [-0.4, -0.2) is 11.5 Å². The standard InChI is InChI=1S/C2H6S2/c3-1-2-4/h3-4H,1-2H2/p-2. The molecule has 0 atom stereocenters. The first kappa shape index (κ1) is 4.70. The third-order valence-electron chi connectivity index (χ3n) is 0.0833. The molecule has 0 aliphatic heterocycles. The Morgan fingerprint density at radius 2 is 1.25 bits per heavy atom. The topological polar surface area (TPSA) is 0 Å². The van der Waals surface area contributed by atoms with Gasteiger partial charge in [-0.2, -0.15) is 11.5 Å². The molecule has 0 spiro atoms. The molecule has 0 amide bonds. The minimum Gasteiger partial charge on any atom is -0.794 e. The zero-order valence-corrected chi connectivity index (χ0v) is 3.86. The van der Waals surface area contributed by atoms with E-state index in [1.54, 1.807) is 0 Å². The fraction of sp³-hybridized carbons (Fsp3) is 1.00. The third-order valence-corrected chi connectivity index (χ3v) is 0.750. The molecule has 0 saturated heterocycles. The van der Waals surface area contributed by atoms with Crippen LogP contribution in [0.5, 0.6) is 0 Å². The van der Waals surface area contributed by atoms with Crippen LogP contribution in [0.3, 0.4) is 0 Å². The van der Waals surface area contributed by atoms with Gasteiger partial charge in [0, 0.05) is 0 Å². The highest BCUT2D eigenvalue weighted by Crippen LogP contribution is 1.48. The van der Waals surface area contributed by atoms with Gasteiger partial charge in [0.1, 0.15) is 0 Å². The van der Waals surface area contributed by atoms with E-state index in [-0.39, 0.29) is 0 Å². The van der Waals surface area contributed by atoms with E-state index in [0.717, 1.165) is 11.5 Å². The number of rotatable bonds is 1. The Bertz CT molecular complexity index is 6.00. The molecule has 0 aliphatic rings. The van der Waals surface area contributed by atoms with Crippen molar-refractivity contribution in [3.63, 3.8) is 0 Å². The van der Waals surface area contributed by atoms with Crippen LogP contribution in [0.2, 0.25) is 0 Å². The van der Waals surface area contributed by atoms with Gasteiger partial charge >= 0.3 is 0 Å². The lowest BCUT2D eigenvalue weighted by Crippen LogP contribution is -1.77. The molecule has 4 heavy (non-hydrogen) atoms. The number of hydrogen-bond acceptors (Lipinski definition) is 2. The van der Waals surface area contributed by atoms with E-state index in [1.807, 2.05) is 0 Å². The van der Waals surface area contributed by atoms with Gasteiger partial charge in [0.2, 0.25) is 0 Å². The quantitative estimate of drug-likeness (QED) is 0.420. The smallest absolute Gasteiger partial charge is 0.199 e. The van der Waals surface area contributed by atoms with Crippen molar-refractivity contribution in [2.75, 3.05) is 11.5 Å². The molecule has 0 aromatic heterocycles. The van der Waals surface area contributed by atoms with Gasteiger partial charge in [0.15, 0.2) is 0 Å². The third kappa shape index (κ3) is 2.70. The van der Waals surface area contributed by atoms with Crippen LogP contribution >= 0.6 is 0 Å². The molecule has 0 fully saturated rings. The summed E-state index contributed by atoms with van der Waals surface area (Å²) >= 11 is 8.90. The lowest BCUT2D eigenvalue weighted by molar-refractivity contribution is 1.58. The molecule has 0 saturated carbocycles. The maximum Gasteiger partial charge on any atom is -0.199 e. The first-order chi connectivity index (χ1) is 1.91. The Balaban J connectivity index is 1.97. The van der Waals surface area contributed by atoms with Gasteiger partial charge in [-0.3, -0.25) is 0 Å². The van der Waals surface area contributed by atoms with Gasteiger partial charge < -0.3 is 25.3 Å². The summed E-state index contributed by atoms with van der Waals surface area (Å²) in [4.78, 5) is 0. The van der Waals surface area contributed by atoms with Crippen molar-refractivity contribution in [1.82, 2.24) is 0 Å². The average molecular weight is 92.2 g/mol. The lowest BCUT2D eigenvalue weighted by Gasteiger charge is -2.02. The van der Waals surface area contributed by atoms with E-state index in [4.69, 9.17) is 0 Å². The Labute approximate surface area is 37.4 Å². The van der Waals surface area contributed by atoms with Crippen LogP contribution in [-0.2, 0) is 25.3 Å². The molecule has 2 heteroatoms. The van der Waals surface area contributed by atoms with E-state index in [0.29, 0.717) is 0 Å². The summed E-state index contributed by atoms with van der Waals surface area (Å²) < 4.78 is 0. The minimum absolute atomic E-state index is 0.718. The van der Waals surface area contributed by atoms with Crippen LogP contribution in [0.25, 0.3) is 0 Å². The zero-order chi connectivity index (χ0) is 3.41. The predicted molar refractivity (Wildman–Crippen MR) is 24.5 cm³/mol. The maximum atomic E-state index is 4.45. The Kier molecular flexibility index (Phi) is 4.35. The molecule has 0 aliphatic carbocycles. The fourth-order valence-corrected chi connectivity index (χ4v) is 0. The highest BCUT2D eigenvalue weighted by Gasteiger charge is 1.28. The summed E-state index contributed by atoms with van der Waals surface area (Å²) in [7, 11) is 0. The lowest BCUT2D eigenvalue weighted by atomic mass is 11.0. The molecule has 0 rings (SSSR count). The minimum atomic E-state index is 0.718. The summed E-state index contributed by atoms with van der Waals surface area (Å²) in [5, 5.41) is 0. The molecule has 0 nitrogen and oxygen atoms in total. The number of hydrogen-bond donors (Lipinski definition) is 0. The second-order valence-corrected chi connectivity index (χ2v) is 1.22. The molecular formula is C2H4S2-2. The SMILES string of the molecule is [S-]CC[S-].